The summed E-state index contributed by atoms with van der Waals surface area (Å²) in [6, 6.07) is 5.71. The van der Waals surface area contributed by atoms with Crippen LogP contribution in [-0.2, 0) is 0 Å². The number of aromatic carboxylic acids is 1. The van der Waals surface area contributed by atoms with Gasteiger partial charge in [-0.2, -0.15) is 16.6 Å². The summed E-state index contributed by atoms with van der Waals surface area (Å²) in [6.45, 7) is 0. The Balaban J connectivity index is 2.05. The van der Waals surface area contributed by atoms with E-state index in [9.17, 15) is 10.1 Å². The summed E-state index contributed by atoms with van der Waals surface area (Å²) in [5.74, 6) is -1.02. The standard InChI is InChI=1S/C14H7N3O2S2/c15-4-9-3-11(13-17-6-12(21-13)14(18)19)16-5-10(9)8-1-2-20-7-8/h1-3,5-7H,(H,18,19). The van der Waals surface area contributed by atoms with Crippen LogP contribution in [0.5, 0.6) is 0 Å². The molecule has 0 aliphatic rings. The van der Waals surface area contributed by atoms with Gasteiger partial charge in [-0.1, -0.05) is 0 Å². The normalized spacial score (nSPS) is 10.2. The number of hydrogen-bond donors (Lipinski definition) is 1. The molecule has 0 unspecified atom stereocenters. The maximum atomic E-state index is 10.9. The molecule has 0 saturated carbocycles. The number of carboxylic acid groups (broad SMARTS) is 1. The summed E-state index contributed by atoms with van der Waals surface area (Å²) in [7, 11) is 0. The number of nitrogens with zero attached hydrogens (tertiary/aromatic N) is 3. The number of carboxylic acids is 1. The summed E-state index contributed by atoms with van der Waals surface area (Å²) in [5.41, 5.74) is 2.70. The van der Waals surface area contributed by atoms with Gasteiger partial charge < -0.3 is 5.11 Å². The highest BCUT2D eigenvalue weighted by molar-refractivity contribution is 7.16. The molecule has 5 nitrogen and oxygen atoms in total. The van der Waals surface area contributed by atoms with Crippen molar-refractivity contribution in [3.05, 3.63) is 45.7 Å². The molecule has 7 heteroatoms. The molecule has 3 aromatic rings. The van der Waals surface area contributed by atoms with Crippen molar-refractivity contribution >= 4 is 28.6 Å². The van der Waals surface area contributed by atoms with Gasteiger partial charge in [0.1, 0.15) is 15.6 Å². The van der Waals surface area contributed by atoms with Gasteiger partial charge in [-0.15, -0.1) is 11.3 Å². The smallest absolute Gasteiger partial charge is 0.347 e. The van der Waals surface area contributed by atoms with E-state index >= 15 is 0 Å². The molecule has 102 valence electrons. The first kappa shape index (κ1) is 13.4. The lowest BCUT2D eigenvalue weighted by molar-refractivity contribution is 0.0702. The van der Waals surface area contributed by atoms with Gasteiger partial charge in [0.2, 0.25) is 0 Å². The Morgan fingerprint density at radius 3 is 2.81 bits per heavy atom. The monoisotopic (exact) mass is 313 g/mol. The molecule has 0 atom stereocenters. The van der Waals surface area contributed by atoms with Crippen molar-refractivity contribution in [1.82, 2.24) is 9.97 Å². The van der Waals surface area contributed by atoms with Crippen molar-refractivity contribution in [3.8, 4) is 27.9 Å². The molecule has 0 saturated heterocycles. The average molecular weight is 313 g/mol. The van der Waals surface area contributed by atoms with Gasteiger partial charge in [0, 0.05) is 11.8 Å². The maximum absolute atomic E-state index is 10.9. The second-order valence-corrected chi connectivity index (χ2v) is 5.88. The number of hydrogen-bond acceptors (Lipinski definition) is 6. The Morgan fingerprint density at radius 2 is 2.19 bits per heavy atom. The molecule has 0 aliphatic carbocycles. The van der Waals surface area contributed by atoms with Crippen LogP contribution in [-0.4, -0.2) is 21.0 Å². The van der Waals surface area contributed by atoms with E-state index in [1.54, 1.807) is 23.6 Å². The SMILES string of the molecule is N#Cc1cc(-c2ncc(C(=O)O)s2)ncc1-c1ccsc1. The summed E-state index contributed by atoms with van der Waals surface area (Å²) < 4.78 is 0. The van der Waals surface area contributed by atoms with Crippen LogP contribution in [0, 0.1) is 11.3 Å². The van der Waals surface area contributed by atoms with Gasteiger partial charge in [-0.25, -0.2) is 9.78 Å². The third kappa shape index (κ3) is 2.54. The van der Waals surface area contributed by atoms with Crippen molar-refractivity contribution in [1.29, 1.82) is 5.26 Å². The van der Waals surface area contributed by atoms with E-state index in [0.29, 0.717) is 16.3 Å². The van der Waals surface area contributed by atoms with Crippen molar-refractivity contribution in [3.63, 3.8) is 0 Å². The number of rotatable bonds is 3. The minimum absolute atomic E-state index is 0.146. The molecule has 1 N–H and O–H groups in total. The predicted octanol–water partition coefficient (Wildman–Crippen LogP) is 3.50. The number of thiophene rings is 1. The Labute approximate surface area is 127 Å². The van der Waals surface area contributed by atoms with E-state index in [0.717, 1.165) is 22.5 Å². The zero-order chi connectivity index (χ0) is 14.8. The highest BCUT2D eigenvalue weighted by Crippen LogP contribution is 2.29. The van der Waals surface area contributed by atoms with Gasteiger partial charge in [0.25, 0.3) is 0 Å². The Morgan fingerprint density at radius 1 is 1.33 bits per heavy atom. The maximum Gasteiger partial charge on any atom is 0.347 e. The number of thiazole rings is 1. The fourth-order valence-electron chi connectivity index (χ4n) is 1.80. The van der Waals surface area contributed by atoms with E-state index in [2.05, 4.69) is 16.0 Å². The molecular formula is C14H7N3O2S2. The molecule has 0 amide bonds. The Bertz CT molecular complexity index is 847. The molecule has 0 aromatic carbocycles. The molecule has 3 rings (SSSR count). The van der Waals surface area contributed by atoms with E-state index in [-0.39, 0.29) is 4.88 Å². The number of pyridine rings is 1. The van der Waals surface area contributed by atoms with Crippen LogP contribution >= 0.6 is 22.7 Å². The van der Waals surface area contributed by atoms with E-state index in [1.807, 2.05) is 16.8 Å². The minimum atomic E-state index is -1.02. The first-order valence-corrected chi connectivity index (χ1v) is 7.57. The van der Waals surface area contributed by atoms with Crippen LogP contribution in [0.2, 0.25) is 0 Å². The average Bonchev–Trinajstić information content (AvgIpc) is 3.18. The van der Waals surface area contributed by atoms with Crippen LogP contribution in [0.15, 0.2) is 35.3 Å². The third-order valence-corrected chi connectivity index (χ3v) is 4.48. The zero-order valence-corrected chi connectivity index (χ0v) is 12.1. The topological polar surface area (TPSA) is 86.9 Å². The van der Waals surface area contributed by atoms with E-state index < -0.39 is 5.97 Å². The molecule has 3 heterocycles. The van der Waals surface area contributed by atoms with Crippen LogP contribution in [0.1, 0.15) is 15.2 Å². The summed E-state index contributed by atoms with van der Waals surface area (Å²) in [5, 5.41) is 22.6. The first-order valence-electron chi connectivity index (χ1n) is 5.81. The van der Waals surface area contributed by atoms with Crippen LogP contribution in [0.3, 0.4) is 0 Å². The van der Waals surface area contributed by atoms with Crippen molar-refractivity contribution in [2.75, 3.05) is 0 Å². The van der Waals surface area contributed by atoms with Gasteiger partial charge in [0.15, 0.2) is 0 Å². The number of nitriles is 1. The molecule has 0 aliphatic heterocycles. The second-order valence-electron chi connectivity index (χ2n) is 4.07. The molecule has 0 fully saturated rings. The molecule has 0 radical (unpaired) electrons. The predicted molar refractivity (Wildman–Crippen MR) is 80.3 cm³/mol. The quantitative estimate of drug-likeness (QED) is 0.799. The van der Waals surface area contributed by atoms with E-state index in [1.165, 1.54) is 6.20 Å². The van der Waals surface area contributed by atoms with Gasteiger partial charge >= 0.3 is 5.97 Å². The van der Waals surface area contributed by atoms with Crippen molar-refractivity contribution < 1.29 is 9.90 Å². The second kappa shape index (κ2) is 5.44. The molecule has 0 spiro atoms. The highest BCUT2D eigenvalue weighted by atomic mass is 32.1. The first-order chi connectivity index (χ1) is 10.2. The summed E-state index contributed by atoms with van der Waals surface area (Å²) in [4.78, 5) is 19.4. The molecule has 0 bridgehead atoms. The minimum Gasteiger partial charge on any atom is -0.477 e. The largest absolute Gasteiger partial charge is 0.477 e. The van der Waals surface area contributed by atoms with Gasteiger partial charge in [0.05, 0.1) is 17.8 Å². The Hall–Kier alpha value is -2.56. The third-order valence-electron chi connectivity index (χ3n) is 2.79. The van der Waals surface area contributed by atoms with Gasteiger partial charge in [-0.3, -0.25) is 4.98 Å². The summed E-state index contributed by atoms with van der Waals surface area (Å²) >= 11 is 2.58. The van der Waals surface area contributed by atoms with Gasteiger partial charge in [-0.05, 0) is 28.5 Å². The number of carbonyl (C=O) groups is 1. The van der Waals surface area contributed by atoms with E-state index in [4.69, 9.17) is 5.11 Å². The Kier molecular flexibility index (Phi) is 3.48. The van der Waals surface area contributed by atoms with Crippen LogP contribution in [0.25, 0.3) is 21.8 Å². The van der Waals surface area contributed by atoms with Crippen LogP contribution < -0.4 is 0 Å². The fourth-order valence-corrected chi connectivity index (χ4v) is 3.18. The molecule has 3 aromatic heterocycles. The fraction of sp³-hybridized carbons (Fsp3) is 0. The van der Waals surface area contributed by atoms with Crippen molar-refractivity contribution in [2.24, 2.45) is 0 Å². The zero-order valence-electron chi connectivity index (χ0n) is 10.5. The highest BCUT2D eigenvalue weighted by Gasteiger charge is 2.14. The molecular weight excluding hydrogens is 306 g/mol. The lowest BCUT2D eigenvalue weighted by Crippen LogP contribution is -1.90. The number of aromatic nitrogens is 2. The lowest BCUT2D eigenvalue weighted by Gasteiger charge is -2.02. The van der Waals surface area contributed by atoms with Crippen molar-refractivity contribution in [2.45, 2.75) is 0 Å². The lowest BCUT2D eigenvalue weighted by atomic mass is 10.1. The van der Waals surface area contributed by atoms with Crippen LogP contribution in [0.4, 0.5) is 0 Å². The molecule has 21 heavy (non-hydrogen) atoms. The summed E-state index contributed by atoms with van der Waals surface area (Å²) in [6.07, 6.45) is 2.92.